The Bertz CT molecular complexity index is 959. The number of hydrogen-bond donors (Lipinski definition) is 1. The Morgan fingerprint density at radius 3 is 2.83 bits per heavy atom. The normalized spacial score (nSPS) is 16.2. The van der Waals surface area contributed by atoms with E-state index in [4.69, 9.17) is 4.74 Å². The maximum absolute atomic E-state index is 12.9. The largest absolute Gasteiger partial charge is 0.434 e. The number of carbonyl (C=O) groups is 1. The van der Waals surface area contributed by atoms with Crippen LogP contribution in [0.4, 0.5) is 20.3 Å². The number of nitrogens with one attached hydrogen (secondary N) is 1. The maximum atomic E-state index is 12.9. The molecule has 0 atom stereocenters. The van der Waals surface area contributed by atoms with Gasteiger partial charge in [0, 0.05) is 31.3 Å². The molecule has 154 valence electrons. The molecule has 0 bridgehead atoms. The van der Waals surface area contributed by atoms with Crippen molar-refractivity contribution in [3.8, 4) is 5.75 Å². The van der Waals surface area contributed by atoms with E-state index in [1.807, 2.05) is 4.90 Å². The van der Waals surface area contributed by atoms with Gasteiger partial charge in [-0.25, -0.2) is 4.98 Å². The molecule has 3 heterocycles. The lowest BCUT2D eigenvalue weighted by molar-refractivity contribution is -0.118. The first-order valence-electron chi connectivity index (χ1n) is 9.31. The van der Waals surface area contributed by atoms with Gasteiger partial charge in [-0.3, -0.25) is 9.59 Å². The van der Waals surface area contributed by atoms with E-state index in [-0.39, 0.29) is 29.5 Å². The first kappa shape index (κ1) is 19.3. The van der Waals surface area contributed by atoms with Gasteiger partial charge in [-0.1, -0.05) is 6.07 Å². The fourth-order valence-corrected chi connectivity index (χ4v) is 3.64. The third-order valence-corrected chi connectivity index (χ3v) is 4.93. The SMILES string of the molecule is O=C(Cc1nc(N2CCOCC2)cc(=O)[nH]1)N1CCc2c(OC(F)F)cccc21. The molecule has 10 heteroatoms. The average molecular weight is 406 g/mol. The van der Waals surface area contributed by atoms with Crippen molar-refractivity contribution in [3.63, 3.8) is 0 Å². The van der Waals surface area contributed by atoms with Crippen LogP contribution < -0.4 is 20.1 Å². The highest BCUT2D eigenvalue weighted by molar-refractivity contribution is 5.96. The molecule has 1 fully saturated rings. The molecular weight excluding hydrogens is 386 g/mol. The van der Waals surface area contributed by atoms with Gasteiger partial charge in [-0.05, 0) is 18.6 Å². The molecule has 4 rings (SSSR count). The summed E-state index contributed by atoms with van der Waals surface area (Å²) in [6.45, 7) is -0.229. The van der Waals surface area contributed by atoms with Crippen LogP contribution in [0.5, 0.6) is 5.75 Å². The summed E-state index contributed by atoms with van der Waals surface area (Å²) in [6.07, 6.45) is 0.314. The fraction of sp³-hybridized carbons (Fsp3) is 0.421. The quantitative estimate of drug-likeness (QED) is 0.806. The van der Waals surface area contributed by atoms with Crippen molar-refractivity contribution >= 4 is 17.4 Å². The summed E-state index contributed by atoms with van der Waals surface area (Å²) in [7, 11) is 0. The van der Waals surface area contributed by atoms with E-state index in [1.54, 1.807) is 12.1 Å². The second kappa shape index (κ2) is 8.16. The number of H-pyrrole nitrogens is 1. The number of alkyl halides is 2. The highest BCUT2D eigenvalue weighted by Gasteiger charge is 2.28. The molecule has 2 aliphatic heterocycles. The third kappa shape index (κ3) is 4.21. The minimum absolute atomic E-state index is 0.0775. The number of halogens is 2. The zero-order valence-corrected chi connectivity index (χ0v) is 15.6. The number of anilines is 2. The third-order valence-electron chi connectivity index (χ3n) is 4.93. The number of aromatic nitrogens is 2. The van der Waals surface area contributed by atoms with Crippen molar-refractivity contribution in [3.05, 3.63) is 46.0 Å². The van der Waals surface area contributed by atoms with Gasteiger partial charge >= 0.3 is 6.61 Å². The predicted molar refractivity (Wildman–Crippen MR) is 101 cm³/mol. The molecule has 1 aromatic heterocycles. The Kier molecular flexibility index (Phi) is 5.43. The Morgan fingerprint density at radius 1 is 1.28 bits per heavy atom. The number of amides is 1. The number of ether oxygens (including phenoxy) is 2. The van der Waals surface area contributed by atoms with Crippen molar-refractivity contribution < 1.29 is 23.0 Å². The van der Waals surface area contributed by atoms with Gasteiger partial charge in [0.2, 0.25) is 5.91 Å². The zero-order valence-electron chi connectivity index (χ0n) is 15.6. The zero-order chi connectivity index (χ0) is 20.4. The topological polar surface area (TPSA) is 87.8 Å². The summed E-state index contributed by atoms with van der Waals surface area (Å²) in [5, 5.41) is 0. The Hall–Kier alpha value is -3.01. The molecule has 2 aromatic rings. The summed E-state index contributed by atoms with van der Waals surface area (Å²) >= 11 is 0. The van der Waals surface area contributed by atoms with Crippen LogP contribution in [0.15, 0.2) is 29.1 Å². The van der Waals surface area contributed by atoms with Gasteiger partial charge < -0.3 is 24.3 Å². The van der Waals surface area contributed by atoms with Gasteiger partial charge in [0.15, 0.2) is 0 Å². The van der Waals surface area contributed by atoms with Gasteiger partial charge in [-0.15, -0.1) is 0 Å². The molecule has 0 aliphatic carbocycles. The summed E-state index contributed by atoms with van der Waals surface area (Å²) < 4.78 is 35.1. The molecule has 1 aromatic carbocycles. The van der Waals surface area contributed by atoms with Crippen LogP contribution in [0.3, 0.4) is 0 Å². The number of nitrogens with zero attached hydrogens (tertiary/aromatic N) is 3. The Morgan fingerprint density at radius 2 is 2.07 bits per heavy atom. The molecule has 1 N–H and O–H groups in total. The minimum atomic E-state index is -2.93. The summed E-state index contributed by atoms with van der Waals surface area (Å²) in [5.41, 5.74) is 0.781. The number of carbonyl (C=O) groups excluding carboxylic acids is 1. The van der Waals surface area contributed by atoms with E-state index in [0.29, 0.717) is 56.3 Å². The number of hydrogen-bond acceptors (Lipinski definition) is 6. The van der Waals surface area contributed by atoms with E-state index in [1.165, 1.54) is 17.0 Å². The smallest absolute Gasteiger partial charge is 0.387 e. The van der Waals surface area contributed by atoms with Gasteiger partial charge in [-0.2, -0.15) is 8.78 Å². The van der Waals surface area contributed by atoms with Crippen molar-refractivity contribution in [2.24, 2.45) is 0 Å². The van der Waals surface area contributed by atoms with E-state index in [9.17, 15) is 18.4 Å². The van der Waals surface area contributed by atoms with Crippen molar-refractivity contribution in [1.29, 1.82) is 0 Å². The highest BCUT2D eigenvalue weighted by atomic mass is 19.3. The van der Waals surface area contributed by atoms with Crippen molar-refractivity contribution in [1.82, 2.24) is 9.97 Å². The van der Waals surface area contributed by atoms with E-state index in [0.717, 1.165) is 0 Å². The molecule has 0 saturated carbocycles. The van der Waals surface area contributed by atoms with Gasteiger partial charge in [0.05, 0.1) is 25.3 Å². The lowest BCUT2D eigenvalue weighted by Crippen LogP contribution is -2.38. The van der Waals surface area contributed by atoms with Crippen LogP contribution >= 0.6 is 0 Å². The molecule has 8 nitrogen and oxygen atoms in total. The predicted octanol–water partition coefficient (Wildman–Crippen LogP) is 1.34. The number of benzene rings is 1. The standard InChI is InChI=1S/C19H20F2N4O4/c20-19(21)29-14-3-1-2-13-12(14)4-5-25(13)18(27)10-15-22-16(11-17(26)23-15)24-6-8-28-9-7-24/h1-3,11,19H,4-10H2,(H,22,23,26). The monoisotopic (exact) mass is 406 g/mol. The average Bonchev–Trinajstić information content (AvgIpc) is 3.13. The van der Waals surface area contributed by atoms with E-state index < -0.39 is 6.61 Å². The molecule has 1 saturated heterocycles. The van der Waals surface area contributed by atoms with Crippen LogP contribution in [0.2, 0.25) is 0 Å². The second-order valence-corrected chi connectivity index (χ2v) is 6.75. The van der Waals surface area contributed by atoms with Crippen LogP contribution in [-0.4, -0.2) is 55.3 Å². The Labute approximate surface area is 165 Å². The fourth-order valence-electron chi connectivity index (χ4n) is 3.64. The van der Waals surface area contributed by atoms with Crippen LogP contribution in [-0.2, 0) is 22.4 Å². The minimum Gasteiger partial charge on any atom is -0.434 e. The molecule has 2 aliphatic rings. The number of fused-ring (bicyclic) bond motifs is 1. The lowest BCUT2D eigenvalue weighted by Gasteiger charge is -2.27. The van der Waals surface area contributed by atoms with Crippen molar-refractivity contribution in [2.45, 2.75) is 19.5 Å². The molecule has 0 spiro atoms. The van der Waals surface area contributed by atoms with Crippen molar-refractivity contribution in [2.75, 3.05) is 42.6 Å². The highest BCUT2D eigenvalue weighted by Crippen LogP contribution is 2.36. The Balaban J connectivity index is 1.53. The number of aromatic amines is 1. The number of rotatable bonds is 5. The molecule has 0 radical (unpaired) electrons. The van der Waals surface area contributed by atoms with E-state index in [2.05, 4.69) is 14.7 Å². The van der Waals surface area contributed by atoms with Gasteiger partial charge in [0.25, 0.3) is 5.56 Å². The van der Waals surface area contributed by atoms with Crippen LogP contribution in [0.1, 0.15) is 11.4 Å². The first-order chi connectivity index (χ1) is 14.0. The lowest BCUT2D eigenvalue weighted by atomic mass is 10.1. The van der Waals surface area contributed by atoms with Gasteiger partial charge in [0.1, 0.15) is 17.4 Å². The first-order valence-corrected chi connectivity index (χ1v) is 9.31. The molecule has 0 unspecified atom stereocenters. The van der Waals surface area contributed by atoms with Crippen LogP contribution in [0, 0.1) is 0 Å². The molecule has 29 heavy (non-hydrogen) atoms. The summed E-state index contributed by atoms with van der Waals surface area (Å²) in [4.78, 5) is 35.4. The van der Waals surface area contributed by atoms with Crippen LogP contribution in [0.25, 0.3) is 0 Å². The number of morpholine rings is 1. The summed E-state index contributed by atoms with van der Waals surface area (Å²) in [5.74, 6) is 0.570. The molecule has 1 amide bonds. The van der Waals surface area contributed by atoms with E-state index >= 15 is 0 Å². The molecular formula is C19H20F2N4O4. The maximum Gasteiger partial charge on any atom is 0.387 e. The second-order valence-electron chi connectivity index (χ2n) is 6.75. The summed E-state index contributed by atoms with van der Waals surface area (Å²) in [6, 6.07) is 6.13.